The molecule has 3 N–H and O–H groups in total. The Kier molecular flexibility index (Phi) is 8.03. The van der Waals surface area contributed by atoms with Crippen LogP contribution < -0.4 is 20.6 Å². The lowest BCUT2D eigenvalue weighted by Crippen LogP contribution is -2.22. The Morgan fingerprint density at radius 3 is 2.67 bits per heavy atom. The van der Waals surface area contributed by atoms with E-state index < -0.39 is 5.91 Å². The van der Waals surface area contributed by atoms with Gasteiger partial charge >= 0.3 is 0 Å². The van der Waals surface area contributed by atoms with Crippen LogP contribution in [0.1, 0.15) is 21.6 Å². The Morgan fingerprint density at radius 2 is 1.95 bits per heavy atom. The van der Waals surface area contributed by atoms with Crippen molar-refractivity contribution in [2.45, 2.75) is 6.61 Å². The number of nitrogens with one attached hydrogen (secondary N) is 1. The molecule has 1 amide bonds. The zero-order valence-electron chi connectivity index (χ0n) is 20.8. The minimum atomic E-state index is -0.617. The molecule has 0 bridgehead atoms. The van der Waals surface area contributed by atoms with Gasteiger partial charge in [0.2, 0.25) is 11.6 Å². The Morgan fingerprint density at radius 1 is 1.18 bits per heavy atom. The predicted octanol–water partition coefficient (Wildman–Crippen LogP) is 4.67. The number of anilines is 1. The van der Waals surface area contributed by atoms with Crippen molar-refractivity contribution in [2.75, 3.05) is 12.8 Å². The number of carbonyl (C=O) groups excluding carboxylic acids is 1. The molecule has 202 valence electrons. The van der Waals surface area contributed by atoms with Gasteiger partial charge in [0.15, 0.2) is 17.2 Å². The molecule has 12 nitrogen and oxygen atoms in total. The summed E-state index contributed by atoms with van der Waals surface area (Å²) in [5, 5.41) is 20.2. The number of hydrogen-bond acceptors (Lipinski definition) is 10. The maximum absolute atomic E-state index is 13.3. The van der Waals surface area contributed by atoms with E-state index in [1.54, 1.807) is 30.3 Å². The minimum Gasteiger partial charge on any atom is -0.493 e. The van der Waals surface area contributed by atoms with E-state index in [1.807, 2.05) is 36.4 Å². The van der Waals surface area contributed by atoms with Crippen molar-refractivity contribution in [1.29, 1.82) is 0 Å². The van der Waals surface area contributed by atoms with Gasteiger partial charge in [-0.3, -0.25) is 4.79 Å². The fourth-order valence-corrected chi connectivity index (χ4v) is 4.46. The molecule has 0 spiro atoms. The Hall–Kier alpha value is -4.75. The third kappa shape index (κ3) is 5.65. The Bertz CT molecular complexity index is 1690. The SMILES string of the molecule is COc1cc(/C=N/NC(=O)c2c(-c3ccccc3)nnn2-c2nonc2N)cc(Br)c1OCc1ccccc1Cl. The minimum absolute atomic E-state index is 0.0184. The maximum atomic E-state index is 13.3. The summed E-state index contributed by atoms with van der Waals surface area (Å²) in [6.07, 6.45) is 1.45. The van der Waals surface area contributed by atoms with Crippen LogP contribution in [-0.4, -0.2) is 44.5 Å². The van der Waals surface area contributed by atoms with Crippen molar-refractivity contribution in [3.63, 3.8) is 0 Å². The van der Waals surface area contributed by atoms with Gasteiger partial charge in [0, 0.05) is 16.1 Å². The molecule has 5 rings (SSSR count). The summed E-state index contributed by atoms with van der Waals surface area (Å²) >= 11 is 9.75. The Balaban J connectivity index is 1.37. The second-order valence-electron chi connectivity index (χ2n) is 8.15. The van der Waals surface area contributed by atoms with Gasteiger partial charge < -0.3 is 15.2 Å². The topological polar surface area (TPSA) is 156 Å². The number of hydrazone groups is 1. The number of rotatable bonds is 9. The van der Waals surface area contributed by atoms with Crippen molar-refractivity contribution >= 4 is 45.5 Å². The van der Waals surface area contributed by atoms with E-state index in [9.17, 15) is 4.79 Å². The lowest BCUT2D eigenvalue weighted by Gasteiger charge is -2.14. The summed E-state index contributed by atoms with van der Waals surface area (Å²) in [4.78, 5) is 13.3. The highest BCUT2D eigenvalue weighted by Crippen LogP contribution is 2.37. The Labute approximate surface area is 240 Å². The van der Waals surface area contributed by atoms with Crippen LogP contribution in [0.5, 0.6) is 11.5 Å². The number of halogens is 2. The van der Waals surface area contributed by atoms with Crippen LogP contribution in [0.25, 0.3) is 17.1 Å². The van der Waals surface area contributed by atoms with Crippen LogP contribution in [0.2, 0.25) is 5.02 Å². The highest BCUT2D eigenvalue weighted by molar-refractivity contribution is 9.10. The maximum Gasteiger partial charge on any atom is 0.292 e. The van der Waals surface area contributed by atoms with Crippen LogP contribution in [0.4, 0.5) is 5.82 Å². The highest BCUT2D eigenvalue weighted by atomic mass is 79.9. The van der Waals surface area contributed by atoms with Gasteiger partial charge in [0.25, 0.3) is 5.91 Å². The molecular weight excluding hydrogens is 604 g/mol. The van der Waals surface area contributed by atoms with Gasteiger partial charge in [-0.1, -0.05) is 65.3 Å². The molecule has 0 saturated carbocycles. The molecule has 3 aromatic carbocycles. The first kappa shape index (κ1) is 26.8. The predicted molar refractivity (Wildman–Crippen MR) is 151 cm³/mol. The molecule has 0 radical (unpaired) electrons. The second-order valence-corrected chi connectivity index (χ2v) is 9.41. The van der Waals surface area contributed by atoms with Crippen LogP contribution in [0.3, 0.4) is 0 Å². The normalized spacial score (nSPS) is 11.1. The van der Waals surface area contributed by atoms with E-state index in [0.29, 0.717) is 37.8 Å². The number of aromatic nitrogens is 5. The fraction of sp³-hybridized carbons (Fsp3) is 0.0769. The number of hydrogen-bond donors (Lipinski definition) is 2. The van der Waals surface area contributed by atoms with E-state index in [-0.39, 0.29) is 23.9 Å². The van der Waals surface area contributed by atoms with Crippen LogP contribution in [0.15, 0.2) is 80.9 Å². The lowest BCUT2D eigenvalue weighted by molar-refractivity contribution is 0.0947. The summed E-state index contributed by atoms with van der Waals surface area (Å²) in [7, 11) is 1.52. The zero-order valence-corrected chi connectivity index (χ0v) is 23.1. The first-order chi connectivity index (χ1) is 19.5. The summed E-state index contributed by atoms with van der Waals surface area (Å²) in [5.41, 5.74) is 10.8. The third-order valence-corrected chi connectivity index (χ3v) is 6.55. The summed E-state index contributed by atoms with van der Waals surface area (Å²) in [5.74, 6) is 0.288. The molecule has 2 heterocycles. The molecule has 2 aromatic heterocycles. The highest BCUT2D eigenvalue weighted by Gasteiger charge is 2.26. The van der Waals surface area contributed by atoms with Crippen molar-refractivity contribution in [1.82, 2.24) is 30.7 Å². The standard InChI is InChI=1S/C26H20BrClN8O4/c1-38-20-12-15(11-18(27)23(20)39-14-17-9-5-6-10-19(17)28)13-30-32-26(37)22-21(16-7-3-2-4-8-16)31-35-36(22)25-24(29)33-40-34-25/h2-13H,14H2,1H3,(H2,29,33)(H,32,37)/b30-13+. The molecule has 5 aromatic rings. The molecule has 0 aliphatic heterocycles. The fourth-order valence-electron chi connectivity index (χ4n) is 3.70. The molecule has 14 heteroatoms. The average Bonchev–Trinajstić information content (AvgIpc) is 3.59. The quantitative estimate of drug-likeness (QED) is 0.176. The number of nitrogen functional groups attached to an aromatic ring is 1. The molecule has 0 aliphatic rings. The van der Waals surface area contributed by atoms with Crippen molar-refractivity contribution in [3.05, 3.63) is 93.0 Å². The largest absolute Gasteiger partial charge is 0.493 e. The lowest BCUT2D eigenvalue weighted by atomic mass is 10.1. The molecular formula is C26H20BrClN8O4. The smallest absolute Gasteiger partial charge is 0.292 e. The van der Waals surface area contributed by atoms with Gasteiger partial charge in [0.1, 0.15) is 12.3 Å². The number of ether oxygens (including phenoxy) is 2. The number of amides is 1. The number of nitrogens with zero attached hydrogens (tertiary/aromatic N) is 6. The van der Waals surface area contributed by atoms with Crippen LogP contribution >= 0.6 is 27.5 Å². The molecule has 0 atom stereocenters. The van der Waals surface area contributed by atoms with E-state index in [0.717, 1.165) is 10.2 Å². The van der Waals surface area contributed by atoms with E-state index in [2.05, 4.69) is 51.7 Å². The monoisotopic (exact) mass is 622 g/mol. The average molecular weight is 624 g/mol. The van der Waals surface area contributed by atoms with Crippen molar-refractivity contribution in [3.8, 4) is 28.6 Å². The zero-order chi connectivity index (χ0) is 28.1. The first-order valence-corrected chi connectivity index (χ1v) is 12.8. The van der Waals surface area contributed by atoms with Crippen LogP contribution in [0, 0.1) is 0 Å². The second kappa shape index (κ2) is 12.0. The number of carbonyl (C=O) groups is 1. The van der Waals surface area contributed by atoms with Crippen molar-refractivity contribution < 1.29 is 18.9 Å². The molecule has 0 fully saturated rings. The molecule has 0 unspecified atom stereocenters. The summed E-state index contributed by atoms with van der Waals surface area (Å²) in [6, 6.07) is 19.9. The summed E-state index contributed by atoms with van der Waals surface area (Å²) in [6.45, 7) is 0.245. The van der Waals surface area contributed by atoms with Crippen LogP contribution in [-0.2, 0) is 6.61 Å². The van der Waals surface area contributed by atoms with Gasteiger partial charge in [-0.2, -0.15) is 9.78 Å². The number of nitrogens with two attached hydrogens (primary N) is 1. The van der Waals surface area contributed by atoms with E-state index in [1.165, 1.54) is 13.3 Å². The van der Waals surface area contributed by atoms with E-state index in [4.69, 9.17) is 26.8 Å². The number of benzene rings is 3. The third-order valence-electron chi connectivity index (χ3n) is 5.59. The van der Waals surface area contributed by atoms with Gasteiger partial charge in [-0.25, -0.2) is 10.1 Å². The number of methoxy groups -OCH3 is 1. The van der Waals surface area contributed by atoms with Gasteiger partial charge in [0.05, 0.1) is 17.8 Å². The van der Waals surface area contributed by atoms with E-state index >= 15 is 0 Å². The van der Waals surface area contributed by atoms with Crippen molar-refractivity contribution in [2.24, 2.45) is 5.10 Å². The summed E-state index contributed by atoms with van der Waals surface area (Å²) < 4.78 is 17.9. The first-order valence-electron chi connectivity index (χ1n) is 11.6. The van der Waals surface area contributed by atoms with Gasteiger partial charge in [-0.05, 0) is 50.0 Å². The molecule has 0 aliphatic carbocycles. The van der Waals surface area contributed by atoms with Gasteiger partial charge in [-0.15, -0.1) is 5.10 Å². The molecule has 40 heavy (non-hydrogen) atoms. The molecule has 0 saturated heterocycles.